The zero-order chi connectivity index (χ0) is 17.9. The molecule has 0 aromatic carbocycles. The quantitative estimate of drug-likeness (QED) is 0.813. The molecule has 9 heteroatoms. The molecule has 1 aliphatic carbocycles. The summed E-state index contributed by atoms with van der Waals surface area (Å²) in [5.41, 5.74) is -0.0190. The van der Waals surface area contributed by atoms with Gasteiger partial charge in [-0.05, 0) is 30.9 Å². The molecule has 2 aromatic rings. The molecule has 2 unspecified atom stereocenters. The second kappa shape index (κ2) is 5.88. The van der Waals surface area contributed by atoms with Crippen molar-refractivity contribution in [3.05, 3.63) is 35.4 Å². The van der Waals surface area contributed by atoms with Gasteiger partial charge in [0, 0.05) is 55.4 Å². The van der Waals surface area contributed by atoms with Gasteiger partial charge in [0.25, 0.3) is 0 Å². The monoisotopic (exact) mass is 381 g/mol. The first-order valence-electron chi connectivity index (χ1n) is 8.84. The molecule has 0 spiro atoms. The number of piperazine rings is 1. The van der Waals surface area contributed by atoms with Crippen LogP contribution in [0.2, 0.25) is 0 Å². The molecular formula is C17H18F3N5S. The number of fused-ring (bicyclic) bond motifs is 2. The van der Waals surface area contributed by atoms with E-state index in [2.05, 4.69) is 19.2 Å². The van der Waals surface area contributed by atoms with Crippen molar-refractivity contribution in [1.82, 2.24) is 19.2 Å². The van der Waals surface area contributed by atoms with Crippen molar-refractivity contribution in [2.45, 2.75) is 50.0 Å². The number of pyridine rings is 1. The molecule has 5 heterocycles. The van der Waals surface area contributed by atoms with Crippen LogP contribution in [-0.4, -0.2) is 44.4 Å². The Hall–Kier alpha value is -1.74. The topological polar surface area (TPSA) is 45.2 Å². The number of hydrogen-bond donors (Lipinski definition) is 0. The summed E-state index contributed by atoms with van der Waals surface area (Å²) in [6, 6.07) is 3.44. The van der Waals surface area contributed by atoms with E-state index in [0.717, 1.165) is 42.1 Å². The Labute approximate surface area is 153 Å². The SMILES string of the molecule is FC(F)(F)c1ccc(CN2CC3CC(C2)N3c2nc(C3CC3)ns2)cn1. The van der Waals surface area contributed by atoms with Crippen LogP contribution in [0.15, 0.2) is 18.3 Å². The molecule has 2 bridgehead atoms. The van der Waals surface area contributed by atoms with E-state index in [4.69, 9.17) is 4.98 Å². The minimum absolute atomic E-state index is 0.427. The van der Waals surface area contributed by atoms with Crippen molar-refractivity contribution in [3.8, 4) is 0 Å². The average Bonchev–Trinajstić information content (AvgIpc) is 3.34. The summed E-state index contributed by atoms with van der Waals surface area (Å²) in [5, 5.41) is 1.03. The van der Waals surface area contributed by atoms with Crippen LogP contribution in [0.4, 0.5) is 18.3 Å². The Bertz CT molecular complexity index is 789. The Morgan fingerprint density at radius 3 is 2.54 bits per heavy atom. The minimum atomic E-state index is -4.38. The van der Waals surface area contributed by atoms with Gasteiger partial charge in [-0.25, -0.2) is 4.98 Å². The number of hydrogen-bond acceptors (Lipinski definition) is 6. The van der Waals surface area contributed by atoms with Crippen molar-refractivity contribution < 1.29 is 13.2 Å². The van der Waals surface area contributed by atoms with Crippen LogP contribution in [0, 0.1) is 0 Å². The first-order chi connectivity index (χ1) is 12.5. The second-order valence-corrected chi connectivity index (χ2v) is 8.13. The lowest BCUT2D eigenvalue weighted by Gasteiger charge is -2.56. The summed E-state index contributed by atoms with van der Waals surface area (Å²) in [4.78, 5) is 12.9. The maximum absolute atomic E-state index is 12.6. The van der Waals surface area contributed by atoms with Crippen LogP contribution >= 0.6 is 11.5 Å². The van der Waals surface area contributed by atoms with Crippen molar-refractivity contribution in [3.63, 3.8) is 0 Å². The van der Waals surface area contributed by atoms with Gasteiger partial charge in [0.2, 0.25) is 5.13 Å². The number of halogens is 3. The van der Waals surface area contributed by atoms with Gasteiger partial charge in [0.15, 0.2) is 0 Å². The van der Waals surface area contributed by atoms with Crippen LogP contribution in [0.25, 0.3) is 0 Å². The van der Waals surface area contributed by atoms with Crippen LogP contribution < -0.4 is 4.90 Å². The van der Waals surface area contributed by atoms with Crippen LogP contribution in [0.1, 0.15) is 42.3 Å². The lowest BCUT2D eigenvalue weighted by molar-refractivity contribution is -0.141. The highest BCUT2D eigenvalue weighted by atomic mass is 32.1. The molecule has 26 heavy (non-hydrogen) atoms. The predicted octanol–water partition coefficient (Wildman–Crippen LogP) is 3.29. The zero-order valence-electron chi connectivity index (χ0n) is 14.0. The largest absolute Gasteiger partial charge is 0.433 e. The minimum Gasteiger partial charge on any atom is -0.338 e. The van der Waals surface area contributed by atoms with Gasteiger partial charge in [-0.2, -0.15) is 17.5 Å². The van der Waals surface area contributed by atoms with Crippen molar-refractivity contribution in [2.24, 2.45) is 0 Å². The molecular weight excluding hydrogens is 363 g/mol. The molecule has 6 rings (SSSR count). The molecule has 5 nitrogen and oxygen atoms in total. The number of rotatable bonds is 4. The van der Waals surface area contributed by atoms with Crippen LogP contribution in [-0.2, 0) is 12.7 Å². The van der Waals surface area contributed by atoms with E-state index in [1.54, 1.807) is 0 Å². The molecule has 1 saturated carbocycles. The highest BCUT2D eigenvalue weighted by Gasteiger charge is 2.46. The van der Waals surface area contributed by atoms with E-state index in [-0.39, 0.29) is 0 Å². The highest BCUT2D eigenvalue weighted by molar-refractivity contribution is 7.09. The lowest BCUT2D eigenvalue weighted by atomic mass is 9.88. The Kier molecular flexibility index (Phi) is 3.72. The van der Waals surface area contributed by atoms with Gasteiger partial charge in [0.05, 0.1) is 0 Å². The first-order valence-corrected chi connectivity index (χ1v) is 9.61. The summed E-state index contributed by atoms with van der Waals surface area (Å²) >= 11 is 1.50. The summed E-state index contributed by atoms with van der Waals surface area (Å²) in [5.74, 6) is 1.58. The summed E-state index contributed by atoms with van der Waals surface area (Å²) in [6.45, 7) is 2.43. The number of anilines is 1. The summed E-state index contributed by atoms with van der Waals surface area (Å²) in [7, 11) is 0. The van der Waals surface area contributed by atoms with Gasteiger partial charge in [0.1, 0.15) is 11.5 Å². The summed E-state index contributed by atoms with van der Waals surface area (Å²) < 4.78 is 42.3. The van der Waals surface area contributed by atoms with Gasteiger partial charge in [-0.1, -0.05) is 6.07 Å². The fourth-order valence-electron chi connectivity index (χ4n) is 3.92. The fraction of sp³-hybridized carbons (Fsp3) is 0.588. The second-order valence-electron chi connectivity index (χ2n) is 7.40. The lowest BCUT2D eigenvalue weighted by Crippen LogP contribution is -2.68. The Morgan fingerprint density at radius 2 is 1.92 bits per heavy atom. The smallest absolute Gasteiger partial charge is 0.338 e. The predicted molar refractivity (Wildman–Crippen MR) is 91.1 cm³/mol. The first kappa shape index (κ1) is 16.4. The number of nitrogens with zero attached hydrogens (tertiary/aromatic N) is 5. The van der Waals surface area contributed by atoms with E-state index in [1.165, 1.54) is 36.6 Å². The molecule has 0 N–H and O–H groups in total. The van der Waals surface area contributed by atoms with Crippen molar-refractivity contribution >= 4 is 16.7 Å². The fourth-order valence-corrected chi connectivity index (χ4v) is 4.81. The maximum Gasteiger partial charge on any atom is 0.433 e. The molecule has 3 saturated heterocycles. The third-order valence-corrected chi connectivity index (χ3v) is 6.13. The van der Waals surface area contributed by atoms with E-state index < -0.39 is 11.9 Å². The van der Waals surface area contributed by atoms with Gasteiger partial charge < -0.3 is 4.90 Å². The van der Waals surface area contributed by atoms with E-state index in [9.17, 15) is 13.2 Å². The van der Waals surface area contributed by atoms with Crippen molar-refractivity contribution in [2.75, 3.05) is 18.0 Å². The molecule has 4 fully saturated rings. The summed E-state index contributed by atoms with van der Waals surface area (Å²) in [6.07, 6.45) is 0.524. The van der Waals surface area contributed by atoms with E-state index in [1.807, 2.05) is 0 Å². The average molecular weight is 381 g/mol. The maximum atomic E-state index is 12.6. The van der Waals surface area contributed by atoms with E-state index in [0.29, 0.717) is 24.5 Å². The number of aromatic nitrogens is 3. The van der Waals surface area contributed by atoms with E-state index >= 15 is 0 Å². The van der Waals surface area contributed by atoms with Crippen molar-refractivity contribution in [1.29, 1.82) is 0 Å². The molecule has 138 valence electrons. The third kappa shape index (κ3) is 2.96. The molecule has 0 radical (unpaired) electrons. The number of alkyl halides is 3. The Balaban J connectivity index is 1.21. The highest BCUT2D eigenvalue weighted by Crippen LogP contribution is 2.43. The van der Waals surface area contributed by atoms with Gasteiger partial charge in [-0.15, -0.1) is 0 Å². The van der Waals surface area contributed by atoms with Crippen LogP contribution in [0.5, 0.6) is 0 Å². The van der Waals surface area contributed by atoms with Crippen LogP contribution in [0.3, 0.4) is 0 Å². The number of piperidine rings is 1. The molecule has 0 amide bonds. The Morgan fingerprint density at radius 1 is 1.15 bits per heavy atom. The van der Waals surface area contributed by atoms with Gasteiger partial charge in [-0.3, -0.25) is 9.88 Å². The van der Waals surface area contributed by atoms with Gasteiger partial charge >= 0.3 is 6.18 Å². The zero-order valence-corrected chi connectivity index (χ0v) is 14.8. The molecule has 2 aromatic heterocycles. The molecule has 3 aliphatic heterocycles. The molecule has 2 atom stereocenters. The molecule has 4 aliphatic rings. The normalized spacial score (nSPS) is 26.0. The standard InChI is InChI=1S/C17H18F3N5S/c18-17(19,20)14-4-1-10(6-21-14)7-24-8-12-5-13(9-24)25(12)16-22-15(23-26-16)11-2-3-11/h1,4,6,11-13H,2-3,5,7-9H2. The third-order valence-electron chi connectivity index (χ3n) is 5.38.